The largest absolute Gasteiger partial charge is 0.387 e. The summed E-state index contributed by atoms with van der Waals surface area (Å²) in [5.74, 6) is 0. The number of hydrogen-bond acceptors (Lipinski definition) is 3. The molecule has 0 aromatic carbocycles. The molecule has 0 spiro atoms. The van der Waals surface area contributed by atoms with Gasteiger partial charge in [-0.05, 0) is 43.6 Å². The van der Waals surface area contributed by atoms with Gasteiger partial charge in [0.15, 0.2) is 0 Å². The van der Waals surface area contributed by atoms with E-state index in [4.69, 9.17) is 0 Å². The molecule has 1 saturated heterocycles. The van der Waals surface area contributed by atoms with Crippen molar-refractivity contribution < 1.29 is 5.11 Å². The number of hydrogen-bond donors (Lipinski definition) is 1. The van der Waals surface area contributed by atoms with E-state index in [9.17, 15) is 5.11 Å². The highest BCUT2D eigenvalue weighted by molar-refractivity contribution is 5.13. The van der Waals surface area contributed by atoms with Crippen molar-refractivity contribution in [3.05, 3.63) is 30.1 Å². The first-order valence-corrected chi connectivity index (χ1v) is 5.66. The third-order valence-electron chi connectivity index (χ3n) is 2.97. The zero-order valence-electron chi connectivity index (χ0n) is 8.97. The SMILES string of the molecule is OC(CN1CCCCC1)c1ccncc1. The maximum absolute atomic E-state index is 10.0. The van der Waals surface area contributed by atoms with Gasteiger partial charge in [0.05, 0.1) is 6.10 Å². The van der Waals surface area contributed by atoms with Gasteiger partial charge < -0.3 is 10.0 Å². The Kier molecular flexibility index (Phi) is 3.69. The Morgan fingerprint density at radius 2 is 1.87 bits per heavy atom. The number of pyridine rings is 1. The third-order valence-corrected chi connectivity index (χ3v) is 2.97. The van der Waals surface area contributed by atoms with Gasteiger partial charge in [-0.3, -0.25) is 4.98 Å². The molecule has 0 saturated carbocycles. The Morgan fingerprint density at radius 3 is 2.53 bits per heavy atom. The van der Waals surface area contributed by atoms with Crippen LogP contribution in [0.4, 0.5) is 0 Å². The summed E-state index contributed by atoms with van der Waals surface area (Å²) in [6.45, 7) is 3.01. The van der Waals surface area contributed by atoms with Crippen LogP contribution in [0.2, 0.25) is 0 Å². The summed E-state index contributed by atoms with van der Waals surface area (Å²) < 4.78 is 0. The summed E-state index contributed by atoms with van der Waals surface area (Å²) in [6, 6.07) is 3.77. The Balaban J connectivity index is 1.88. The first-order chi connectivity index (χ1) is 7.36. The van der Waals surface area contributed by atoms with Crippen LogP contribution in [-0.4, -0.2) is 34.6 Å². The van der Waals surface area contributed by atoms with Gasteiger partial charge in [-0.2, -0.15) is 0 Å². The molecule has 82 valence electrons. The highest BCUT2D eigenvalue weighted by atomic mass is 16.3. The number of aromatic nitrogens is 1. The van der Waals surface area contributed by atoms with Crippen LogP contribution in [0.25, 0.3) is 0 Å². The van der Waals surface area contributed by atoms with Gasteiger partial charge in [0, 0.05) is 18.9 Å². The van der Waals surface area contributed by atoms with Crippen molar-refractivity contribution in [3.63, 3.8) is 0 Å². The lowest BCUT2D eigenvalue weighted by atomic mass is 10.1. The van der Waals surface area contributed by atoms with Crippen LogP contribution < -0.4 is 0 Å². The van der Waals surface area contributed by atoms with E-state index in [0.717, 1.165) is 25.2 Å². The molecule has 1 aromatic rings. The monoisotopic (exact) mass is 206 g/mol. The lowest BCUT2D eigenvalue weighted by Gasteiger charge is -2.28. The van der Waals surface area contributed by atoms with Crippen LogP contribution in [0.15, 0.2) is 24.5 Å². The highest BCUT2D eigenvalue weighted by Gasteiger charge is 2.15. The third kappa shape index (κ3) is 3.01. The standard InChI is InChI=1S/C12H18N2O/c15-12(11-4-6-13-7-5-11)10-14-8-2-1-3-9-14/h4-7,12,15H,1-3,8-10H2. The minimum Gasteiger partial charge on any atom is -0.387 e. The summed E-state index contributed by atoms with van der Waals surface area (Å²) in [4.78, 5) is 6.29. The topological polar surface area (TPSA) is 36.4 Å². The average Bonchev–Trinajstić information content (AvgIpc) is 2.31. The second-order valence-corrected chi connectivity index (χ2v) is 4.16. The Morgan fingerprint density at radius 1 is 1.20 bits per heavy atom. The number of likely N-dealkylation sites (tertiary alicyclic amines) is 1. The van der Waals surface area contributed by atoms with E-state index < -0.39 is 0 Å². The fourth-order valence-corrected chi connectivity index (χ4v) is 2.08. The fraction of sp³-hybridized carbons (Fsp3) is 0.583. The molecule has 3 nitrogen and oxygen atoms in total. The van der Waals surface area contributed by atoms with Crippen molar-refractivity contribution in [1.29, 1.82) is 0 Å². The molecule has 2 rings (SSSR count). The van der Waals surface area contributed by atoms with Crippen molar-refractivity contribution in [2.24, 2.45) is 0 Å². The first kappa shape index (κ1) is 10.6. The number of aliphatic hydroxyl groups excluding tert-OH is 1. The molecule has 2 heterocycles. The van der Waals surface area contributed by atoms with E-state index in [-0.39, 0.29) is 6.10 Å². The van der Waals surface area contributed by atoms with Gasteiger partial charge in [0.2, 0.25) is 0 Å². The molecule has 0 bridgehead atoms. The van der Waals surface area contributed by atoms with Crippen molar-refractivity contribution in [3.8, 4) is 0 Å². The number of nitrogens with zero attached hydrogens (tertiary/aromatic N) is 2. The molecule has 0 radical (unpaired) electrons. The molecule has 1 atom stereocenters. The van der Waals surface area contributed by atoms with E-state index in [0.29, 0.717) is 0 Å². The Hall–Kier alpha value is -0.930. The first-order valence-electron chi connectivity index (χ1n) is 5.66. The van der Waals surface area contributed by atoms with E-state index in [2.05, 4.69) is 9.88 Å². The van der Waals surface area contributed by atoms with E-state index >= 15 is 0 Å². The minimum atomic E-state index is -0.369. The predicted molar refractivity (Wildman–Crippen MR) is 59.5 cm³/mol. The molecule has 1 aliphatic rings. The Bertz CT molecular complexity index is 283. The molecule has 15 heavy (non-hydrogen) atoms. The van der Waals surface area contributed by atoms with Gasteiger partial charge in [0.25, 0.3) is 0 Å². The second-order valence-electron chi connectivity index (χ2n) is 4.16. The van der Waals surface area contributed by atoms with Gasteiger partial charge in [-0.25, -0.2) is 0 Å². The maximum Gasteiger partial charge on any atom is 0.0918 e. The predicted octanol–water partition coefficient (Wildman–Crippen LogP) is 1.60. The van der Waals surface area contributed by atoms with Gasteiger partial charge in [0.1, 0.15) is 0 Å². The lowest BCUT2D eigenvalue weighted by Crippen LogP contribution is -2.33. The lowest BCUT2D eigenvalue weighted by molar-refractivity contribution is 0.101. The highest BCUT2D eigenvalue weighted by Crippen LogP contribution is 2.16. The van der Waals surface area contributed by atoms with E-state index in [1.807, 2.05) is 12.1 Å². The molecule has 3 heteroatoms. The number of piperidine rings is 1. The van der Waals surface area contributed by atoms with Crippen LogP contribution in [0.3, 0.4) is 0 Å². The molecule has 1 aromatic heterocycles. The average molecular weight is 206 g/mol. The molecular weight excluding hydrogens is 188 g/mol. The van der Waals surface area contributed by atoms with Gasteiger partial charge in [-0.1, -0.05) is 6.42 Å². The van der Waals surface area contributed by atoms with Crippen molar-refractivity contribution in [2.75, 3.05) is 19.6 Å². The van der Waals surface area contributed by atoms with Crippen molar-refractivity contribution >= 4 is 0 Å². The number of rotatable bonds is 3. The zero-order chi connectivity index (χ0) is 10.5. The summed E-state index contributed by atoms with van der Waals surface area (Å²) in [5, 5.41) is 10.0. The van der Waals surface area contributed by atoms with E-state index in [1.54, 1.807) is 12.4 Å². The zero-order valence-corrected chi connectivity index (χ0v) is 8.97. The van der Waals surface area contributed by atoms with E-state index in [1.165, 1.54) is 19.3 Å². The normalized spacial score (nSPS) is 20.1. The minimum absolute atomic E-state index is 0.369. The molecule has 1 fully saturated rings. The van der Waals surface area contributed by atoms with Gasteiger partial charge in [-0.15, -0.1) is 0 Å². The maximum atomic E-state index is 10.0. The van der Waals surface area contributed by atoms with Crippen LogP contribution in [0, 0.1) is 0 Å². The smallest absolute Gasteiger partial charge is 0.0918 e. The number of aliphatic hydroxyl groups is 1. The number of β-amino-alcohol motifs (C(OH)–C–C–N with tert-alkyl or cyclic N) is 1. The van der Waals surface area contributed by atoms with Crippen molar-refractivity contribution in [2.45, 2.75) is 25.4 Å². The molecule has 0 amide bonds. The fourth-order valence-electron chi connectivity index (χ4n) is 2.08. The summed E-state index contributed by atoms with van der Waals surface area (Å²) >= 11 is 0. The Labute approximate surface area is 90.8 Å². The summed E-state index contributed by atoms with van der Waals surface area (Å²) in [6.07, 6.45) is 6.96. The van der Waals surface area contributed by atoms with Crippen LogP contribution in [0.1, 0.15) is 30.9 Å². The van der Waals surface area contributed by atoms with Gasteiger partial charge >= 0.3 is 0 Å². The molecular formula is C12H18N2O. The summed E-state index contributed by atoms with van der Waals surface area (Å²) in [5.41, 5.74) is 0.968. The molecule has 1 N–H and O–H groups in total. The quantitative estimate of drug-likeness (QED) is 0.816. The second kappa shape index (κ2) is 5.24. The van der Waals surface area contributed by atoms with Crippen LogP contribution in [-0.2, 0) is 0 Å². The molecule has 1 aliphatic heterocycles. The van der Waals surface area contributed by atoms with Crippen LogP contribution in [0.5, 0.6) is 0 Å². The summed E-state index contributed by atoms with van der Waals surface area (Å²) in [7, 11) is 0. The molecule has 1 unspecified atom stereocenters. The van der Waals surface area contributed by atoms with Crippen molar-refractivity contribution in [1.82, 2.24) is 9.88 Å². The molecule has 0 aliphatic carbocycles. The van der Waals surface area contributed by atoms with Crippen LogP contribution >= 0.6 is 0 Å².